The van der Waals surface area contributed by atoms with Crippen LogP contribution in [0.2, 0.25) is 0 Å². The first-order valence-electron chi connectivity index (χ1n) is 6.51. The molecular formula is C14H17N3O5. The van der Waals surface area contributed by atoms with Crippen molar-refractivity contribution >= 4 is 29.4 Å². The number of hydrogen-bond acceptors (Lipinski definition) is 4. The minimum atomic E-state index is -1.15. The Morgan fingerprint density at radius 3 is 2.14 bits per heavy atom. The third-order valence-electron chi connectivity index (χ3n) is 2.78. The summed E-state index contributed by atoms with van der Waals surface area (Å²) < 4.78 is 0. The lowest BCUT2D eigenvalue weighted by Gasteiger charge is -2.09. The van der Waals surface area contributed by atoms with E-state index in [4.69, 9.17) is 10.8 Å². The first-order valence-corrected chi connectivity index (χ1v) is 6.51. The summed E-state index contributed by atoms with van der Waals surface area (Å²) in [6, 6.07) is 4.98. The standard InChI is InChI=1S/C14H17N3O5/c1-8(14(21)22)16-11(18)6-7-12(19)17-10-4-2-9(3-5-10)13(15)20/h2-5,8H,6-7H2,1H3,(H2,15,20)(H,16,18)(H,17,19)(H,21,22). The molecule has 0 aliphatic heterocycles. The van der Waals surface area contributed by atoms with Gasteiger partial charge in [0.1, 0.15) is 6.04 Å². The molecule has 1 aromatic carbocycles. The number of amides is 3. The second kappa shape index (κ2) is 7.77. The van der Waals surface area contributed by atoms with Gasteiger partial charge in [-0.3, -0.25) is 19.2 Å². The third kappa shape index (κ3) is 5.61. The number of aliphatic carboxylic acids is 1. The Balaban J connectivity index is 2.41. The van der Waals surface area contributed by atoms with E-state index in [1.54, 1.807) is 0 Å². The molecule has 3 amide bonds. The van der Waals surface area contributed by atoms with Gasteiger partial charge in [0.2, 0.25) is 17.7 Å². The highest BCUT2D eigenvalue weighted by atomic mass is 16.4. The Kier molecular flexibility index (Phi) is 6.06. The average molecular weight is 307 g/mol. The van der Waals surface area contributed by atoms with Gasteiger partial charge >= 0.3 is 5.97 Å². The first kappa shape index (κ1) is 17.2. The van der Waals surface area contributed by atoms with E-state index in [1.807, 2.05) is 0 Å². The summed E-state index contributed by atoms with van der Waals surface area (Å²) in [4.78, 5) is 44.5. The zero-order valence-corrected chi connectivity index (χ0v) is 12.0. The van der Waals surface area contributed by atoms with Gasteiger partial charge in [-0.2, -0.15) is 0 Å². The Morgan fingerprint density at radius 2 is 1.64 bits per heavy atom. The number of carbonyl (C=O) groups is 4. The Labute approximate surface area is 126 Å². The van der Waals surface area contributed by atoms with Gasteiger partial charge in [0, 0.05) is 24.1 Å². The van der Waals surface area contributed by atoms with Crippen molar-refractivity contribution in [1.82, 2.24) is 5.32 Å². The lowest BCUT2D eigenvalue weighted by atomic mass is 10.2. The van der Waals surface area contributed by atoms with Crippen molar-refractivity contribution in [3.05, 3.63) is 29.8 Å². The molecule has 5 N–H and O–H groups in total. The Bertz CT molecular complexity index is 583. The van der Waals surface area contributed by atoms with Crippen LogP contribution in [-0.4, -0.2) is 34.8 Å². The highest BCUT2D eigenvalue weighted by Gasteiger charge is 2.14. The number of carboxylic acids is 1. The van der Waals surface area contributed by atoms with E-state index in [1.165, 1.54) is 31.2 Å². The molecule has 0 bridgehead atoms. The summed E-state index contributed by atoms with van der Waals surface area (Å²) >= 11 is 0. The van der Waals surface area contributed by atoms with Crippen molar-refractivity contribution in [3.8, 4) is 0 Å². The largest absolute Gasteiger partial charge is 0.480 e. The molecule has 0 saturated carbocycles. The molecule has 8 heteroatoms. The quantitative estimate of drug-likeness (QED) is 0.565. The number of carbonyl (C=O) groups excluding carboxylic acids is 3. The van der Waals surface area contributed by atoms with Crippen molar-refractivity contribution < 1.29 is 24.3 Å². The normalized spacial score (nSPS) is 11.3. The summed E-state index contributed by atoms with van der Waals surface area (Å²) in [7, 11) is 0. The predicted octanol–water partition coefficient (Wildman–Crippen LogP) is 0.0935. The van der Waals surface area contributed by atoms with Crippen molar-refractivity contribution in [2.24, 2.45) is 5.73 Å². The van der Waals surface area contributed by atoms with E-state index in [0.29, 0.717) is 11.3 Å². The fourth-order valence-electron chi connectivity index (χ4n) is 1.54. The predicted molar refractivity (Wildman–Crippen MR) is 78.1 cm³/mol. The van der Waals surface area contributed by atoms with Gasteiger partial charge in [-0.1, -0.05) is 0 Å². The van der Waals surface area contributed by atoms with Gasteiger partial charge in [0.15, 0.2) is 0 Å². The summed E-state index contributed by atoms with van der Waals surface area (Å²) in [6.45, 7) is 1.33. The third-order valence-corrected chi connectivity index (χ3v) is 2.78. The lowest BCUT2D eigenvalue weighted by Crippen LogP contribution is -2.38. The van der Waals surface area contributed by atoms with Crippen LogP contribution in [0.4, 0.5) is 5.69 Å². The summed E-state index contributed by atoms with van der Waals surface area (Å²) in [5.74, 6) is -2.63. The van der Waals surface area contributed by atoms with Crippen LogP contribution in [-0.2, 0) is 14.4 Å². The molecule has 22 heavy (non-hydrogen) atoms. The molecule has 0 aromatic heterocycles. The number of nitrogens with one attached hydrogen (secondary N) is 2. The fourth-order valence-corrected chi connectivity index (χ4v) is 1.54. The molecule has 0 radical (unpaired) electrons. The van der Waals surface area contributed by atoms with Crippen LogP contribution in [0.1, 0.15) is 30.1 Å². The highest BCUT2D eigenvalue weighted by Crippen LogP contribution is 2.09. The molecule has 118 valence electrons. The molecule has 0 aliphatic carbocycles. The van der Waals surface area contributed by atoms with Crippen LogP contribution in [0.25, 0.3) is 0 Å². The van der Waals surface area contributed by atoms with Crippen LogP contribution in [0, 0.1) is 0 Å². The van der Waals surface area contributed by atoms with E-state index >= 15 is 0 Å². The second-order valence-electron chi connectivity index (χ2n) is 4.62. The van der Waals surface area contributed by atoms with Crippen molar-refractivity contribution in [3.63, 3.8) is 0 Å². The molecule has 8 nitrogen and oxygen atoms in total. The van der Waals surface area contributed by atoms with Crippen LogP contribution in [0.3, 0.4) is 0 Å². The number of hydrogen-bond donors (Lipinski definition) is 4. The highest BCUT2D eigenvalue weighted by molar-refractivity contribution is 5.95. The van der Waals surface area contributed by atoms with E-state index in [-0.39, 0.29) is 12.8 Å². The number of benzene rings is 1. The maximum atomic E-state index is 11.7. The minimum Gasteiger partial charge on any atom is -0.480 e. The van der Waals surface area contributed by atoms with Crippen LogP contribution in [0.15, 0.2) is 24.3 Å². The van der Waals surface area contributed by atoms with Crippen LogP contribution in [0.5, 0.6) is 0 Å². The molecule has 1 atom stereocenters. The molecular weight excluding hydrogens is 290 g/mol. The zero-order chi connectivity index (χ0) is 16.7. The molecule has 0 heterocycles. The van der Waals surface area contributed by atoms with E-state index in [9.17, 15) is 19.2 Å². The summed E-state index contributed by atoms with van der Waals surface area (Å²) in [6.07, 6.45) is -0.210. The number of nitrogens with two attached hydrogens (primary N) is 1. The molecule has 0 spiro atoms. The number of rotatable bonds is 7. The van der Waals surface area contributed by atoms with Crippen molar-refractivity contribution in [1.29, 1.82) is 0 Å². The van der Waals surface area contributed by atoms with Crippen molar-refractivity contribution in [2.45, 2.75) is 25.8 Å². The number of primary amides is 1. The molecule has 0 saturated heterocycles. The van der Waals surface area contributed by atoms with Gasteiger partial charge in [0.05, 0.1) is 0 Å². The maximum absolute atomic E-state index is 11.7. The van der Waals surface area contributed by atoms with Gasteiger partial charge in [-0.05, 0) is 31.2 Å². The number of carboxylic acid groups (broad SMARTS) is 1. The fraction of sp³-hybridized carbons (Fsp3) is 0.286. The van der Waals surface area contributed by atoms with E-state index in [2.05, 4.69) is 10.6 Å². The lowest BCUT2D eigenvalue weighted by molar-refractivity contribution is -0.141. The van der Waals surface area contributed by atoms with Crippen LogP contribution >= 0.6 is 0 Å². The second-order valence-corrected chi connectivity index (χ2v) is 4.62. The summed E-state index contributed by atoms with van der Waals surface area (Å²) in [5.41, 5.74) is 5.88. The molecule has 1 unspecified atom stereocenters. The van der Waals surface area contributed by atoms with Gasteiger partial charge < -0.3 is 21.5 Å². The first-order chi connectivity index (χ1) is 10.3. The smallest absolute Gasteiger partial charge is 0.325 e. The number of anilines is 1. The zero-order valence-electron chi connectivity index (χ0n) is 12.0. The Morgan fingerprint density at radius 1 is 1.09 bits per heavy atom. The average Bonchev–Trinajstić information content (AvgIpc) is 2.45. The topological polar surface area (TPSA) is 139 Å². The molecule has 1 aromatic rings. The van der Waals surface area contributed by atoms with E-state index < -0.39 is 29.7 Å². The van der Waals surface area contributed by atoms with Gasteiger partial charge in [-0.25, -0.2) is 0 Å². The maximum Gasteiger partial charge on any atom is 0.325 e. The molecule has 0 aliphatic rings. The summed E-state index contributed by atoms with van der Waals surface area (Å²) in [5, 5.41) is 13.4. The van der Waals surface area contributed by atoms with Gasteiger partial charge in [-0.15, -0.1) is 0 Å². The Hall–Kier alpha value is -2.90. The van der Waals surface area contributed by atoms with Gasteiger partial charge in [0.25, 0.3) is 0 Å². The SMILES string of the molecule is CC(NC(=O)CCC(=O)Nc1ccc(C(N)=O)cc1)C(=O)O. The minimum absolute atomic E-state index is 0.0876. The van der Waals surface area contributed by atoms with E-state index in [0.717, 1.165) is 0 Å². The monoisotopic (exact) mass is 307 g/mol. The molecule has 0 fully saturated rings. The van der Waals surface area contributed by atoms with Crippen molar-refractivity contribution in [2.75, 3.05) is 5.32 Å². The van der Waals surface area contributed by atoms with Crippen LogP contribution < -0.4 is 16.4 Å². The molecule has 1 rings (SSSR count).